The smallest absolute Gasteiger partial charge is 0.449 e. The molecule has 0 saturated heterocycles. The van der Waals surface area contributed by atoms with Gasteiger partial charge in [-0.2, -0.15) is 0 Å². The molecule has 0 heterocycles. The molecule has 0 aromatic heterocycles. The molecular weight excluding hydrogens is 324 g/mol. The van der Waals surface area contributed by atoms with Crippen molar-refractivity contribution in [3.63, 3.8) is 0 Å². The summed E-state index contributed by atoms with van der Waals surface area (Å²) < 4.78 is 5.22. The van der Waals surface area contributed by atoms with Gasteiger partial charge in [-0.25, -0.2) is 4.79 Å². The highest BCUT2D eigenvalue weighted by Crippen LogP contribution is 2.44. The van der Waals surface area contributed by atoms with Crippen molar-refractivity contribution in [1.82, 2.24) is 0 Å². The van der Waals surface area contributed by atoms with Crippen LogP contribution in [-0.2, 0) is 10.8 Å². The lowest BCUT2D eigenvalue weighted by Crippen LogP contribution is -2.28. The molecule has 1 N–H and O–H groups in total. The van der Waals surface area contributed by atoms with Crippen molar-refractivity contribution in [2.45, 2.75) is 104 Å². The van der Waals surface area contributed by atoms with Crippen LogP contribution >= 0.6 is 0 Å². The summed E-state index contributed by atoms with van der Waals surface area (Å²) in [6, 6.07) is 5.90. The van der Waals surface area contributed by atoms with Crippen LogP contribution in [0.2, 0.25) is 0 Å². The van der Waals surface area contributed by atoms with E-state index in [1.807, 2.05) is 6.07 Å². The van der Waals surface area contributed by atoms with E-state index < -0.39 is 6.16 Å². The van der Waals surface area contributed by atoms with Crippen molar-refractivity contribution in [2.24, 2.45) is 0 Å². The van der Waals surface area contributed by atoms with Crippen LogP contribution in [-0.4, -0.2) is 11.3 Å². The van der Waals surface area contributed by atoms with Gasteiger partial charge in [-0.1, -0.05) is 92.2 Å². The Kier molecular flexibility index (Phi) is 8.66. The quantitative estimate of drug-likeness (QED) is 0.252. The van der Waals surface area contributed by atoms with Crippen molar-refractivity contribution >= 4 is 6.16 Å². The molecule has 3 nitrogen and oxygen atoms in total. The predicted molar refractivity (Wildman–Crippen MR) is 109 cm³/mol. The molecular formula is C23H38O3. The highest BCUT2D eigenvalue weighted by molar-refractivity contribution is 5.63. The molecule has 1 aromatic rings. The van der Waals surface area contributed by atoms with E-state index >= 15 is 0 Å². The molecule has 0 aliphatic carbocycles. The normalized spacial score (nSPS) is 12.2. The molecule has 0 aliphatic heterocycles. The summed E-state index contributed by atoms with van der Waals surface area (Å²) in [5, 5.41) is 9.22. The van der Waals surface area contributed by atoms with Crippen LogP contribution in [0.4, 0.5) is 4.79 Å². The maximum Gasteiger partial charge on any atom is 0.511 e. The second-order valence-corrected chi connectivity index (χ2v) is 8.73. The number of hydrogen-bond acceptors (Lipinski definition) is 2. The fraction of sp³-hybridized carbons (Fsp3) is 0.696. The SMILES string of the molecule is CCCCCC(C)(C)c1cccc(OC(=O)O)c1C(C)(C)CCCCC. The molecule has 0 amide bonds. The molecule has 0 radical (unpaired) electrons. The minimum absolute atomic E-state index is 0.00952. The van der Waals surface area contributed by atoms with E-state index in [0.717, 1.165) is 24.8 Å². The first-order valence-electron chi connectivity index (χ1n) is 10.2. The third kappa shape index (κ3) is 6.34. The Balaban J connectivity index is 3.34. The Morgan fingerprint density at radius 2 is 1.46 bits per heavy atom. The van der Waals surface area contributed by atoms with Gasteiger partial charge in [0.1, 0.15) is 5.75 Å². The molecule has 1 rings (SSSR count). The molecule has 0 bridgehead atoms. The maximum absolute atomic E-state index is 11.3. The van der Waals surface area contributed by atoms with Crippen LogP contribution in [0.3, 0.4) is 0 Å². The van der Waals surface area contributed by atoms with Crippen molar-refractivity contribution in [3.05, 3.63) is 29.3 Å². The van der Waals surface area contributed by atoms with Crippen molar-refractivity contribution in [3.8, 4) is 5.75 Å². The largest absolute Gasteiger partial charge is 0.511 e. The first-order chi connectivity index (χ1) is 12.2. The Hall–Kier alpha value is -1.51. The average Bonchev–Trinajstić information content (AvgIpc) is 2.54. The summed E-state index contributed by atoms with van der Waals surface area (Å²) in [7, 11) is 0. The van der Waals surface area contributed by atoms with Gasteiger partial charge in [-0.15, -0.1) is 0 Å². The maximum atomic E-state index is 11.3. The summed E-state index contributed by atoms with van der Waals surface area (Å²) in [5.41, 5.74) is 2.16. The number of carbonyl (C=O) groups is 1. The summed E-state index contributed by atoms with van der Waals surface area (Å²) in [5.74, 6) is 0.500. The lowest BCUT2D eigenvalue weighted by atomic mass is 9.69. The minimum Gasteiger partial charge on any atom is -0.449 e. The third-order valence-corrected chi connectivity index (χ3v) is 5.44. The molecule has 0 atom stereocenters. The number of benzene rings is 1. The summed E-state index contributed by atoms with van der Waals surface area (Å²) in [6.07, 6.45) is 8.01. The molecule has 0 spiro atoms. The highest BCUT2D eigenvalue weighted by atomic mass is 16.7. The van der Waals surface area contributed by atoms with Crippen molar-refractivity contribution in [1.29, 1.82) is 0 Å². The molecule has 0 unspecified atom stereocenters. The van der Waals surface area contributed by atoms with E-state index in [2.05, 4.69) is 47.6 Å². The van der Waals surface area contributed by atoms with Gasteiger partial charge in [-0.05, 0) is 35.3 Å². The Morgan fingerprint density at radius 1 is 0.923 bits per heavy atom. The van der Waals surface area contributed by atoms with Crippen LogP contribution in [0, 0.1) is 0 Å². The van der Waals surface area contributed by atoms with Gasteiger partial charge in [0.2, 0.25) is 0 Å². The van der Waals surface area contributed by atoms with Gasteiger partial charge in [0.25, 0.3) is 0 Å². The first-order valence-corrected chi connectivity index (χ1v) is 10.2. The van der Waals surface area contributed by atoms with Crippen LogP contribution in [0.25, 0.3) is 0 Å². The average molecular weight is 363 g/mol. The number of hydrogen-bond donors (Lipinski definition) is 1. The first kappa shape index (κ1) is 22.5. The molecule has 26 heavy (non-hydrogen) atoms. The Morgan fingerprint density at radius 3 is 1.96 bits per heavy atom. The second-order valence-electron chi connectivity index (χ2n) is 8.73. The highest BCUT2D eigenvalue weighted by Gasteiger charge is 2.33. The van der Waals surface area contributed by atoms with E-state index in [1.54, 1.807) is 6.07 Å². The van der Waals surface area contributed by atoms with Gasteiger partial charge >= 0.3 is 6.16 Å². The fourth-order valence-corrected chi connectivity index (χ4v) is 3.87. The Labute approximate surface area is 160 Å². The number of unbranched alkanes of at least 4 members (excludes halogenated alkanes) is 4. The number of carboxylic acid groups (broad SMARTS) is 1. The van der Waals surface area contributed by atoms with Crippen LogP contribution in [0.1, 0.15) is 104 Å². The Bertz CT molecular complexity index is 573. The van der Waals surface area contributed by atoms with E-state index in [9.17, 15) is 9.90 Å². The summed E-state index contributed by atoms with van der Waals surface area (Å²) >= 11 is 0. The lowest BCUT2D eigenvalue weighted by molar-refractivity contribution is 0.143. The van der Waals surface area contributed by atoms with Gasteiger partial charge in [-0.3, -0.25) is 0 Å². The fourth-order valence-electron chi connectivity index (χ4n) is 3.87. The van der Waals surface area contributed by atoms with Crippen LogP contribution in [0.15, 0.2) is 18.2 Å². The second kappa shape index (κ2) is 9.99. The number of rotatable bonds is 11. The number of ether oxygens (including phenoxy) is 1. The van der Waals surface area contributed by atoms with Crippen molar-refractivity contribution in [2.75, 3.05) is 0 Å². The molecule has 1 aromatic carbocycles. The molecule has 0 fully saturated rings. The van der Waals surface area contributed by atoms with E-state index in [1.165, 1.54) is 37.7 Å². The summed E-state index contributed by atoms with van der Waals surface area (Å²) in [4.78, 5) is 11.3. The van der Waals surface area contributed by atoms with Gasteiger partial charge < -0.3 is 9.84 Å². The monoisotopic (exact) mass is 362 g/mol. The standard InChI is InChI=1S/C23H38O3/c1-7-9-11-16-22(3,4)18-14-13-15-19(26-21(24)25)20(18)23(5,6)17-12-10-8-2/h13-15H,7-12,16-17H2,1-6H3,(H,24,25). The minimum atomic E-state index is -1.24. The van der Waals surface area contributed by atoms with Gasteiger partial charge in [0.15, 0.2) is 0 Å². The lowest BCUT2D eigenvalue weighted by Gasteiger charge is -2.36. The van der Waals surface area contributed by atoms with Crippen LogP contribution < -0.4 is 4.74 Å². The topological polar surface area (TPSA) is 46.5 Å². The molecule has 0 aliphatic rings. The van der Waals surface area contributed by atoms with Gasteiger partial charge in [0, 0.05) is 5.56 Å². The van der Waals surface area contributed by atoms with E-state index in [4.69, 9.17) is 4.74 Å². The van der Waals surface area contributed by atoms with Gasteiger partial charge in [0.05, 0.1) is 0 Å². The van der Waals surface area contributed by atoms with Crippen molar-refractivity contribution < 1.29 is 14.6 Å². The molecule has 3 heteroatoms. The molecule has 0 saturated carbocycles. The zero-order valence-electron chi connectivity index (χ0n) is 17.7. The van der Waals surface area contributed by atoms with E-state index in [0.29, 0.717) is 5.75 Å². The zero-order chi connectivity index (χ0) is 19.8. The van der Waals surface area contributed by atoms with E-state index in [-0.39, 0.29) is 10.8 Å². The summed E-state index contributed by atoms with van der Waals surface area (Å²) in [6.45, 7) is 13.4. The predicted octanol–water partition coefficient (Wildman–Crippen LogP) is 7.46. The van der Waals surface area contributed by atoms with Crippen LogP contribution in [0.5, 0.6) is 5.75 Å². The third-order valence-electron chi connectivity index (χ3n) is 5.44. The zero-order valence-corrected chi connectivity index (χ0v) is 17.7. The molecule has 148 valence electrons.